The quantitative estimate of drug-likeness (QED) is 0.917. The number of aromatic nitrogens is 2. The van der Waals surface area contributed by atoms with Crippen LogP contribution in [0.15, 0.2) is 36.4 Å². The summed E-state index contributed by atoms with van der Waals surface area (Å²) in [6, 6.07) is 11.3. The van der Waals surface area contributed by atoms with Crippen molar-refractivity contribution in [1.29, 1.82) is 0 Å². The lowest BCUT2D eigenvalue weighted by molar-refractivity contribution is 0.0982. The second kappa shape index (κ2) is 6.83. The van der Waals surface area contributed by atoms with E-state index in [1.807, 2.05) is 45.0 Å². The summed E-state index contributed by atoms with van der Waals surface area (Å²) in [6.07, 6.45) is 0. The number of amides is 1. The van der Waals surface area contributed by atoms with Crippen molar-refractivity contribution < 1.29 is 4.79 Å². The molecular formula is C16H20N4O. The molecule has 0 radical (unpaired) electrons. The van der Waals surface area contributed by atoms with E-state index >= 15 is 0 Å². The number of nitrogens with zero attached hydrogens (tertiary/aromatic N) is 3. The summed E-state index contributed by atoms with van der Waals surface area (Å²) in [4.78, 5) is 14.2. The molecule has 110 valence electrons. The summed E-state index contributed by atoms with van der Waals surface area (Å²) < 4.78 is 0. The first-order valence-corrected chi connectivity index (χ1v) is 7.11. The number of benzene rings is 1. The number of carbonyl (C=O) groups excluding carboxylic acids is 1. The molecule has 0 spiro atoms. The van der Waals surface area contributed by atoms with Crippen molar-refractivity contribution >= 4 is 17.4 Å². The van der Waals surface area contributed by atoms with E-state index in [0.717, 1.165) is 17.8 Å². The third kappa shape index (κ3) is 3.56. The zero-order valence-corrected chi connectivity index (χ0v) is 12.6. The van der Waals surface area contributed by atoms with Gasteiger partial charge in [-0.2, -0.15) is 0 Å². The van der Waals surface area contributed by atoms with Crippen molar-refractivity contribution in [3.05, 3.63) is 47.7 Å². The Balaban J connectivity index is 2.21. The van der Waals surface area contributed by atoms with E-state index in [0.29, 0.717) is 18.1 Å². The second-order valence-corrected chi connectivity index (χ2v) is 4.72. The highest BCUT2D eigenvalue weighted by atomic mass is 16.2. The van der Waals surface area contributed by atoms with Crippen molar-refractivity contribution in [2.45, 2.75) is 20.8 Å². The summed E-state index contributed by atoms with van der Waals surface area (Å²) in [5.41, 5.74) is 2.38. The Kier molecular flexibility index (Phi) is 4.87. The maximum Gasteiger partial charge on any atom is 0.278 e. The Morgan fingerprint density at radius 3 is 2.33 bits per heavy atom. The molecule has 0 fully saturated rings. The number of hydrogen-bond donors (Lipinski definition) is 1. The Morgan fingerprint density at radius 2 is 1.81 bits per heavy atom. The second-order valence-electron chi connectivity index (χ2n) is 4.72. The highest BCUT2D eigenvalue weighted by Crippen LogP contribution is 2.17. The highest BCUT2D eigenvalue weighted by molar-refractivity contribution is 6.04. The maximum absolute atomic E-state index is 12.5. The van der Waals surface area contributed by atoms with Crippen LogP contribution in [0.25, 0.3) is 0 Å². The van der Waals surface area contributed by atoms with Crippen LogP contribution in [0.1, 0.15) is 29.9 Å². The van der Waals surface area contributed by atoms with E-state index in [2.05, 4.69) is 15.5 Å². The summed E-state index contributed by atoms with van der Waals surface area (Å²) in [5.74, 6) is 0.532. The minimum atomic E-state index is -0.142. The topological polar surface area (TPSA) is 58.1 Å². The van der Waals surface area contributed by atoms with E-state index in [-0.39, 0.29) is 5.91 Å². The molecule has 2 rings (SSSR count). The van der Waals surface area contributed by atoms with Gasteiger partial charge in [-0.1, -0.05) is 17.7 Å². The highest BCUT2D eigenvalue weighted by Gasteiger charge is 2.17. The van der Waals surface area contributed by atoms with Crippen molar-refractivity contribution in [2.24, 2.45) is 0 Å². The van der Waals surface area contributed by atoms with Crippen molar-refractivity contribution in [3.63, 3.8) is 0 Å². The van der Waals surface area contributed by atoms with Crippen LogP contribution < -0.4 is 10.2 Å². The van der Waals surface area contributed by atoms with Crippen LogP contribution in [0.3, 0.4) is 0 Å². The molecule has 1 heterocycles. The van der Waals surface area contributed by atoms with Gasteiger partial charge in [0.1, 0.15) is 5.82 Å². The minimum absolute atomic E-state index is 0.142. The fraction of sp³-hybridized carbons (Fsp3) is 0.312. The Morgan fingerprint density at radius 1 is 1.10 bits per heavy atom. The van der Waals surface area contributed by atoms with Crippen LogP contribution in [-0.4, -0.2) is 29.2 Å². The predicted octanol–water partition coefficient (Wildman–Crippen LogP) is 2.88. The number of nitrogens with one attached hydrogen (secondary N) is 1. The lowest BCUT2D eigenvalue weighted by Gasteiger charge is -2.20. The molecule has 5 heteroatoms. The number of aryl methyl sites for hydroxylation is 1. The van der Waals surface area contributed by atoms with Crippen molar-refractivity contribution in [1.82, 2.24) is 10.2 Å². The molecule has 0 saturated heterocycles. The van der Waals surface area contributed by atoms with Gasteiger partial charge in [0, 0.05) is 18.8 Å². The maximum atomic E-state index is 12.5. The van der Waals surface area contributed by atoms with Crippen LogP contribution in [0.2, 0.25) is 0 Å². The molecule has 0 aliphatic heterocycles. The molecule has 5 nitrogen and oxygen atoms in total. The zero-order chi connectivity index (χ0) is 15.2. The average Bonchev–Trinajstić information content (AvgIpc) is 2.51. The third-order valence-corrected chi connectivity index (χ3v) is 3.15. The average molecular weight is 284 g/mol. The molecule has 1 aromatic heterocycles. The molecule has 0 unspecified atom stereocenters. The molecule has 1 N–H and O–H groups in total. The summed E-state index contributed by atoms with van der Waals surface area (Å²) >= 11 is 0. The Labute approximate surface area is 125 Å². The molecule has 0 atom stereocenters. The number of rotatable bonds is 5. The minimum Gasteiger partial charge on any atom is -0.369 e. The number of hydrogen-bond acceptors (Lipinski definition) is 4. The van der Waals surface area contributed by atoms with E-state index in [4.69, 9.17) is 0 Å². The lowest BCUT2D eigenvalue weighted by atomic mass is 10.2. The zero-order valence-electron chi connectivity index (χ0n) is 12.6. The van der Waals surface area contributed by atoms with Gasteiger partial charge < -0.3 is 10.2 Å². The normalized spacial score (nSPS) is 10.2. The molecular weight excluding hydrogens is 264 g/mol. The van der Waals surface area contributed by atoms with Crippen LogP contribution >= 0.6 is 0 Å². The van der Waals surface area contributed by atoms with Gasteiger partial charge in [-0.15, -0.1) is 10.2 Å². The monoisotopic (exact) mass is 284 g/mol. The summed E-state index contributed by atoms with van der Waals surface area (Å²) in [5, 5.41) is 11.1. The van der Waals surface area contributed by atoms with Gasteiger partial charge in [-0.25, -0.2) is 0 Å². The summed E-state index contributed by atoms with van der Waals surface area (Å²) in [7, 11) is 0. The molecule has 1 amide bonds. The van der Waals surface area contributed by atoms with Gasteiger partial charge in [0.05, 0.1) is 0 Å². The molecule has 0 aliphatic rings. The van der Waals surface area contributed by atoms with E-state index in [9.17, 15) is 4.79 Å². The van der Waals surface area contributed by atoms with Gasteiger partial charge in [-0.3, -0.25) is 4.79 Å². The molecule has 0 bridgehead atoms. The SMILES string of the molecule is CCNc1ccc(C(=O)N(CC)c2ccc(C)cc2)nn1. The lowest BCUT2D eigenvalue weighted by Crippen LogP contribution is -2.31. The van der Waals surface area contributed by atoms with Gasteiger partial charge in [0.25, 0.3) is 5.91 Å². The van der Waals surface area contributed by atoms with Crippen LogP contribution in [0, 0.1) is 6.92 Å². The van der Waals surface area contributed by atoms with Gasteiger partial charge >= 0.3 is 0 Å². The molecule has 0 aliphatic carbocycles. The van der Waals surface area contributed by atoms with E-state index < -0.39 is 0 Å². The third-order valence-electron chi connectivity index (χ3n) is 3.15. The molecule has 21 heavy (non-hydrogen) atoms. The molecule has 2 aromatic rings. The smallest absolute Gasteiger partial charge is 0.278 e. The van der Waals surface area contributed by atoms with Crippen LogP contribution in [0.5, 0.6) is 0 Å². The van der Waals surface area contributed by atoms with Gasteiger partial charge in [0.2, 0.25) is 0 Å². The van der Waals surface area contributed by atoms with Crippen molar-refractivity contribution in [2.75, 3.05) is 23.3 Å². The Hall–Kier alpha value is -2.43. The first kappa shape index (κ1) is 15.0. The first-order valence-electron chi connectivity index (χ1n) is 7.11. The largest absolute Gasteiger partial charge is 0.369 e. The van der Waals surface area contributed by atoms with Crippen LogP contribution in [-0.2, 0) is 0 Å². The fourth-order valence-corrected chi connectivity index (χ4v) is 2.03. The molecule has 0 saturated carbocycles. The first-order chi connectivity index (χ1) is 10.2. The Bertz CT molecular complexity index is 593. The van der Waals surface area contributed by atoms with E-state index in [1.165, 1.54) is 0 Å². The summed E-state index contributed by atoms with van der Waals surface area (Å²) in [6.45, 7) is 7.30. The van der Waals surface area contributed by atoms with E-state index in [1.54, 1.807) is 17.0 Å². The number of carbonyl (C=O) groups is 1. The molecule has 1 aromatic carbocycles. The van der Waals surface area contributed by atoms with Crippen molar-refractivity contribution in [3.8, 4) is 0 Å². The number of anilines is 2. The predicted molar refractivity (Wildman–Crippen MR) is 84.7 cm³/mol. The fourth-order valence-electron chi connectivity index (χ4n) is 2.03. The van der Waals surface area contributed by atoms with Gasteiger partial charge in [-0.05, 0) is 45.0 Å². The van der Waals surface area contributed by atoms with Crippen LogP contribution in [0.4, 0.5) is 11.5 Å². The van der Waals surface area contributed by atoms with Gasteiger partial charge in [0.15, 0.2) is 5.69 Å². The standard InChI is InChI=1S/C16H20N4O/c1-4-17-15-11-10-14(18-19-15)16(21)20(5-2)13-8-6-12(3)7-9-13/h6-11H,4-5H2,1-3H3,(H,17,19).